The maximum Gasteiger partial charge on any atom is 0.259 e. The van der Waals surface area contributed by atoms with E-state index in [9.17, 15) is 9.59 Å². The summed E-state index contributed by atoms with van der Waals surface area (Å²) in [7, 11) is 0. The first kappa shape index (κ1) is 19.6. The zero-order valence-corrected chi connectivity index (χ0v) is 19.0. The maximum absolute atomic E-state index is 12.5. The zero-order chi connectivity index (χ0) is 20.7. The minimum Gasteiger partial charge on any atom is -0.310 e. The van der Waals surface area contributed by atoms with Crippen molar-refractivity contribution >= 4 is 59.9 Å². The number of nitrogens with one attached hydrogen (secondary N) is 2. The van der Waals surface area contributed by atoms with E-state index in [-0.39, 0.29) is 17.9 Å². The number of aryl methyl sites for hydroxylation is 3. The quantitative estimate of drug-likeness (QED) is 0.406. The zero-order valence-electron chi connectivity index (χ0n) is 15.8. The van der Waals surface area contributed by atoms with Gasteiger partial charge in [-0.1, -0.05) is 28.1 Å². The van der Waals surface area contributed by atoms with E-state index in [1.54, 1.807) is 11.3 Å². The minimum absolute atomic E-state index is 0.0890. The number of thiophene rings is 1. The first-order valence-electron chi connectivity index (χ1n) is 9.61. The van der Waals surface area contributed by atoms with E-state index in [1.165, 1.54) is 21.8 Å². The van der Waals surface area contributed by atoms with Crippen LogP contribution in [0, 0.1) is 0 Å². The molecule has 152 valence electrons. The Kier molecular flexibility index (Phi) is 5.26. The van der Waals surface area contributed by atoms with E-state index in [0.29, 0.717) is 17.4 Å². The first-order valence-corrected chi connectivity index (χ1v) is 12.1. The van der Waals surface area contributed by atoms with E-state index in [2.05, 4.69) is 36.2 Å². The molecule has 3 heterocycles. The molecule has 4 aromatic rings. The van der Waals surface area contributed by atoms with E-state index in [0.717, 1.165) is 45.2 Å². The number of aromatic nitrogens is 3. The molecule has 1 aliphatic rings. The Balaban J connectivity index is 1.24. The van der Waals surface area contributed by atoms with Crippen LogP contribution in [0.1, 0.15) is 29.1 Å². The van der Waals surface area contributed by atoms with Crippen LogP contribution in [0.3, 0.4) is 0 Å². The molecule has 1 aliphatic carbocycles. The fraction of sp³-hybridized carbons (Fsp3) is 0.238. The molecule has 0 bridgehead atoms. The van der Waals surface area contributed by atoms with Crippen LogP contribution in [0.2, 0.25) is 0 Å². The second-order valence-electron chi connectivity index (χ2n) is 7.14. The van der Waals surface area contributed by atoms with Crippen molar-refractivity contribution in [1.82, 2.24) is 15.0 Å². The average molecular weight is 501 g/mol. The lowest BCUT2D eigenvalue weighted by Gasteiger charge is -2.03. The number of halogens is 1. The summed E-state index contributed by atoms with van der Waals surface area (Å²) in [5.41, 5.74) is 2.89. The van der Waals surface area contributed by atoms with Gasteiger partial charge < -0.3 is 10.3 Å². The molecule has 0 unspecified atom stereocenters. The Morgan fingerprint density at radius 2 is 2.03 bits per heavy atom. The number of carbonyl (C=O) groups is 1. The van der Waals surface area contributed by atoms with Gasteiger partial charge in [0.2, 0.25) is 5.91 Å². The molecule has 6 nitrogen and oxygen atoms in total. The summed E-state index contributed by atoms with van der Waals surface area (Å²) in [5.74, 6) is 0.403. The second-order valence-corrected chi connectivity index (χ2v) is 10.0. The molecule has 2 N–H and O–H groups in total. The summed E-state index contributed by atoms with van der Waals surface area (Å²) in [6.45, 7) is 0. The lowest BCUT2D eigenvalue weighted by Crippen LogP contribution is -2.16. The van der Waals surface area contributed by atoms with Crippen molar-refractivity contribution in [3.63, 3.8) is 0 Å². The molecule has 0 spiro atoms. The van der Waals surface area contributed by atoms with Gasteiger partial charge in [-0.15, -0.1) is 22.7 Å². The van der Waals surface area contributed by atoms with E-state index in [1.807, 2.05) is 29.6 Å². The Morgan fingerprint density at radius 1 is 1.20 bits per heavy atom. The molecule has 0 saturated carbocycles. The average Bonchev–Trinajstić information content (AvgIpc) is 3.43. The van der Waals surface area contributed by atoms with Gasteiger partial charge in [-0.05, 0) is 37.0 Å². The van der Waals surface area contributed by atoms with Crippen LogP contribution in [0.15, 0.2) is 38.9 Å². The number of fused-ring (bicyclic) bond motifs is 3. The first-order chi connectivity index (χ1) is 14.6. The summed E-state index contributed by atoms with van der Waals surface area (Å²) >= 11 is 6.42. The van der Waals surface area contributed by atoms with Gasteiger partial charge in [-0.3, -0.25) is 9.59 Å². The van der Waals surface area contributed by atoms with Crippen LogP contribution in [0.25, 0.3) is 21.5 Å². The molecule has 0 aliphatic heterocycles. The number of hydrogen-bond acceptors (Lipinski definition) is 6. The normalized spacial score (nSPS) is 13.0. The SMILES string of the molecule is O=C(CCc1nc2sc3c(c2c(=O)[nH]1)CCC3)Nc1nc(-c2ccc(Br)cc2)cs1. The molecule has 1 aromatic carbocycles. The Bertz CT molecular complexity index is 1310. The predicted octanol–water partition coefficient (Wildman–Crippen LogP) is 4.93. The highest BCUT2D eigenvalue weighted by Crippen LogP contribution is 2.34. The highest BCUT2D eigenvalue weighted by Gasteiger charge is 2.21. The van der Waals surface area contributed by atoms with E-state index >= 15 is 0 Å². The third kappa shape index (κ3) is 3.84. The number of carbonyl (C=O) groups excluding carboxylic acids is 1. The molecule has 0 radical (unpaired) electrons. The standard InChI is InChI=1S/C21H17BrN4O2S2/c22-12-6-4-11(5-7-12)14-10-29-21(23-14)26-17(27)9-8-16-24-19(28)18-13-2-1-3-15(13)30-20(18)25-16/h4-7,10H,1-3,8-9H2,(H,23,26,27)(H,24,25,28). The van der Waals surface area contributed by atoms with E-state index < -0.39 is 0 Å². The number of benzene rings is 1. The van der Waals surface area contributed by atoms with Crippen molar-refractivity contribution in [2.24, 2.45) is 0 Å². The van der Waals surface area contributed by atoms with Crippen LogP contribution in [-0.4, -0.2) is 20.9 Å². The smallest absolute Gasteiger partial charge is 0.259 e. The fourth-order valence-corrected chi connectivity index (χ4v) is 5.94. The van der Waals surface area contributed by atoms with Gasteiger partial charge in [0.25, 0.3) is 5.56 Å². The monoisotopic (exact) mass is 500 g/mol. The summed E-state index contributed by atoms with van der Waals surface area (Å²) in [6, 6.07) is 7.87. The maximum atomic E-state index is 12.5. The third-order valence-electron chi connectivity index (χ3n) is 5.10. The van der Waals surface area contributed by atoms with Gasteiger partial charge >= 0.3 is 0 Å². The second kappa shape index (κ2) is 8.05. The Morgan fingerprint density at radius 3 is 2.87 bits per heavy atom. The van der Waals surface area contributed by atoms with Crippen molar-refractivity contribution in [1.29, 1.82) is 0 Å². The van der Waals surface area contributed by atoms with Crippen LogP contribution in [0.4, 0.5) is 5.13 Å². The van der Waals surface area contributed by atoms with Gasteiger partial charge in [0.1, 0.15) is 10.7 Å². The molecule has 1 amide bonds. The number of rotatable bonds is 5. The van der Waals surface area contributed by atoms with Gasteiger partial charge in [-0.2, -0.15) is 0 Å². The highest BCUT2D eigenvalue weighted by molar-refractivity contribution is 9.10. The van der Waals surface area contributed by atoms with Crippen LogP contribution in [0.5, 0.6) is 0 Å². The topological polar surface area (TPSA) is 87.7 Å². The number of anilines is 1. The largest absolute Gasteiger partial charge is 0.310 e. The Labute approximate surface area is 188 Å². The summed E-state index contributed by atoms with van der Waals surface area (Å²) in [5, 5.41) is 6.06. The van der Waals surface area contributed by atoms with Gasteiger partial charge in [0, 0.05) is 33.1 Å². The van der Waals surface area contributed by atoms with Crippen molar-refractivity contribution in [2.45, 2.75) is 32.1 Å². The Hall–Kier alpha value is -2.36. The third-order valence-corrected chi connectivity index (χ3v) is 7.58. The molecular formula is C21H17BrN4O2S2. The molecular weight excluding hydrogens is 484 g/mol. The number of nitrogens with zero attached hydrogens (tertiary/aromatic N) is 2. The van der Waals surface area contributed by atoms with Crippen LogP contribution in [-0.2, 0) is 24.1 Å². The number of aromatic amines is 1. The van der Waals surface area contributed by atoms with Crippen molar-refractivity contribution < 1.29 is 4.79 Å². The lowest BCUT2D eigenvalue weighted by molar-refractivity contribution is -0.116. The molecule has 5 rings (SSSR count). The molecule has 9 heteroatoms. The van der Waals surface area contributed by atoms with Crippen LogP contribution >= 0.6 is 38.6 Å². The minimum atomic E-state index is -0.150. The van der Waals surface area contributed by atoms with Crippen LogP contribution < -0.4 is 10.9 Å². The van der Waals surface area contributed by atoms with Gasteiger partial charge in [-0.25, -0.2) is 9.97 Å². The fourth-order valence-electron chi connectivity index (χ4n) is 3.66. The molecule has 0 atom stereocenters. The number of thiazole rings is 1. The van der Waals surface area contributed by atoms with Crippen molar-refractivity contribution in [3.05, 3.63) is 60.7 Å². The summed E-state index contributed by atoms with van der Waals surface area (Å²) in [6.07, 6.45) is 3.71. The molecule has 3 aromatic heterocycles. The number of H-pyrrole nitrogens is 1. The lowest BCUT2D eigenvalue weighted by atomic mass is 10.2. The van der Waals surface area contributed by atoms with Gasteiger partial charge in [0.05, 0.1) is 11.1 Å². The van der Waals surface area contributed by atoms with Crippen molar-refractivity contribution in [3.8, 4) is 11.3 Å². The van der Waals surface area contributed by atoms with Gasteiger partial charge in [0.15, 0.2) is 5.13 Å². The molecule has 30 heavy (non-hydrogen) atoms. The van der Waals surface area contributed by atoms with E-state index in [4.69, 9.17) is 0 Å². The summed E-state index contributed by atoms with van der Waals surface area (Å²) < 4.78 is 1.01. The predicted molar refractivity (Wildman–Crippen MR) is 124 cm³/mol. The summed E-state index contributed by atoms with van der Waals surface area (Å²) in [4.78, 5) is 38.9. The number of hydrogen-bond donors (Lipinski definition) is 2. The van der Waals surface area contributed by atoms with Crippen molar-refractivity contribution in [2.75, 3.05) is 5.32 Å². The number of amides is 1. The highest BCUT2D eigenvalue weighted by atomic mass is 79.9. The molecule has 0 saturated heterocycles. The molecule has 0 fully saturated rings.